The van der Waals surface area contributed by atoms with Crippen LogP contribution in [-0.4, -0.2) is 22.1 Å². The average molecular weight is 222 g/mol. The van der Waals surface area contributed by atoms with Crippen molar-refractivity contribution < 1.29 is 28.7 Å². The number of cyclic esters (lactones) is 1. The Morgan fingerprint density at radius 3 is 3.80 bits per heavy atom. The standard InChI is InChI=1S/C11H16N2O2/c1-3-10-8(6-15-11(10)14)4-9-5-12-7-13(9)2/h5,7-8,10H,3-4,6H2,1-2H3/t8-,10-/m0/s1/i1D3,2D3,3D2,5D,6D2,7D,8D,10D. The summed E-state index contributed by atoms with van der Waals surface area (Å²) in [5, 5.41) is 0. The van der Waals surface area contributed by atoms with E-state index >= 15 is 0 Å². The van der Waals surface area contributed by atoms with Crippen LogP contribution in [0.1, 0.15) is 38.1 Å². The molecule has 82 valence electrons. The third kappa shape index (κ3) is 1.89. The summed E-state index contributed by atoms with van der Waals surface area (Å²) in [5.74, 6) is -8.98. The first-order chi connectivity index (χ1) is 12.6. The molecule has 4 nitrogen and oxygen atoms in total. The fraction of sp³-hybridized carbons (Fsp3) is 0.636. The van der Waals surface area contributed by atoms with Gasteiger partial charge in [-0.05, 0) is 12.8 Å². The SMILES string of the molecule is [2H]c1nc([2H])n(C([2H])([2H])[2H])c1C[C@@]1([2H])C([2H])([2H])OC(=O)[C@@]1([2H])C([2H])([2H])C([2H])([2H])[2H]. The molecule has 0 spiro atoms. The van der Waals surface area contributed by atoms with Gasteiger partial charge in [0, 0.05) is 38.4 Å². The molecule has 4 heteroatoms. The zero-order chi connectivity index (χ0) is 23.0. The number of rotatable bonds is 3. The molecule has 0 amide bonds. The van der Waals surface area contributed by atoms with Crippen LogP contribution in [0.15, 0.2) is 12.5 Å². The summed E-state index contributed by atoms with van der Waals surface area (Å²) >= 11 is 0. The highest BCUT2D eigenvalue weighted by molar-refractivity contribution is 5.74. The molecule has 0 saturated carbocycles. The Labute approximate surface area is 109 Å². The normalized spacial score (nSPS) is 55.1. The van der Waals surface area contributed by atoms with Crippen molar-refractivity contribution >= 4 is 5.97 Å². The summed E-state index contributed by atoms with van der Waals surface area (Å²) in [5.41, 5.74) is -0.773. The summed E-state index contributed by atoms with van der Waals surface area (Å²) in [4.78, 5) is 15.6. The van der Waals surface area contributed by atoms with Gasteiger partial charge in [0.2, 0.25) is 0 Å². The van der Waals surface area contributed by atoms with E-state index in [0.717, 1.165) is 0 Å². The Balaban J connectivity index is 2.80. The van der Waals surface area contributed by atoms with Crippen molar-refractivity contribution in [3.63, 3.8) is 0 Å². The van der Waals surface area contributed by atoms with E-state index in [4.69, 9.17) is 19.2 Å². The van der Waals surface area contributed by atoms with E-state index in [1.807, 2.05) is 0 Å². The molecule has 2 heterocycles. The highest BCUT2D eigenvalue weighted by Crippen LogP contribution is 2.27. The quantitative estimate of drug-likeness (QED) is 0.721. The highest BCUT2D eigenvalue weighted by atomic mass is 16.5. The van der Waals surface area contributed by atoms with Crippen LogP contribution in [0.5, 0.6) is 0 Å². The van der Waals surface area contributed by atoms with Gasteiger partial charge in [0.15, 0.2) is 0 Å². The van der Waals surface area contributed by atoms with Crippen molar-refractivity contribution in [2.24, 2.45) is 18.8 Å². The van der Waals surface area contributed by atoms with E-state index in [9.17, 15) is 4.79 Å². The van der Waals surface area contributed by atoms with Crippen molar-refractivity contribution in [2.75, 3.05) is 6.56 Å². The molecule has 2 atom stereocenters. The summed E-state index contributed by atoms with van der Waals surface area (Å²) in [6, 6.07) is 0. The lowest BCUT2D eigenvalue weighted by molar-refractivity contribution is -0.141. The van der Waals surface area contributed by atoms with Crippen LogP contribution in [0.3, 0.4) is 0 Å². The van der Waals surface area contributed by atoms with E-state index < -0.39 is 69.1 Å². The van der Waals surface area contributed by atoms with Crippen molar-refractivity contribution in [2.45, 2.75) is 19.6 Å². The molecule has 2 rings (SSSR count). The first-order valence-corrected chi connectivity index (χ1v) is 3.94. The van der Waals surface area contributed by atoms with Gasteiger partial charge >= 0.3 is 5.97 Å². The van der Waals surface area contributed by atoms with Crippen molar-refractivity contribution in [1.29, 1.82) is 0 Å². The Hall–Kier alpha value is -1.32. The second-order valence-electron chi connectivity index (χ2n) is 2.75. The number of esters is 1. The Morgan fingerprint density at radius 2 is 3.00 bits per heavy atom. The van der Waals surface area contributed by atoms with Gasteiger partial charge in [-0.2, -0.15) is 0 Å². The number of carbonyl (C=O) groups excluding carboxylic acids is 1. The van der Waals surface area contributed by atoms with E-state index in [-0.39, 0.29) is 4.57 Å². The first-order valence-electron chi connectivity index (χ1n) is 10.9. The van der Waals surface area contributed by atoms with Crippen molar-refractivity contribution in [3.05, 3.63) is 18.2 Å². The monoisotopic (exact) mass is 222 g/mol. The number of carbonyl (C=O) groups is 1. The van der Waals surface area contributed by atoms with Crippen LogP contribution in [-0.2, 0) is 22.9 Å². The van der Waals surface area contributed by atoms with Gasteiger partial charge in [-0.3, -0.25) is 4.79 Å². The molecule has 0 radical (unpaired) electrons. The molecular formula is C11H16N2O2. The van der Waals surface area contributed by atoms with Gasteiger partial charge in [0.25, 0.3) is 0 Å². The molecule has 0 aliphatic carbocycles. The average Bonchev–Trinajstić information content (AvgIpc) is 2.83. The fourth-order valence-electron chi connectivity index (χ4n) is 1.12. The molecule has 1 aromatic heterocycles. The molecule has 0 bridgehead atoms. The third-order valence-electron chi connectivity index (χ3n) is 1.85. The Morgan fingerprint density at radius 1 is 2.07 bits per heavy atom. The second-order valence-corrected chi connectivity index (χ2v) is 2.75. The number of aromatic nitrogens is 2. The van der Waals surface area contributed by atoms with Crippen LogP contribution >= 0.6 is 0 Å². The lowest BCUT2D eigenvalue weighted by atomic mass is 9.89. The maximum absolute atomic E-state index is 12.3. The van der Waals surface area contributed by atoms with E-state index in [1.165, 1.54) is 0 Å². The van der Waals surface area contributed by atoms with Gasteiger partial charge in [-0.1, -0.05) is 6.85 Å². The number of hydrogen-bond donors (Lipinski definition) is 0. The van der Waals surface area contributed by atoms with Crippen molar-refractivity contribution in [3.8, 4) is 0 Å². The number of hydrogen-bond acceptors (Lipinski definition) is 3. The third-order valence-corrected chi connectivity index (χ3v) is 1.85. The smallest absolute Gasteiger partial charge is 0.309 e. The maximum Gasteiger partial charge on any atom is 0.309 e. The van der Waals surface area contributed by atoms with Crippen molar-refractivity contribution in [1.82, 2.24) is 9.55 Å². The molecule has 1 aromatic rings. The molecule has 15 heavy (non-hydrogen) atoms. The van der Waals surface area contributed by atoms with E-state index in [2.05, 4.69) is 9.72 Å². The number of imidazole rings is 1. The Bertz CT molecular complexity index is 842. The van der Waals surface area contributed by atoms with Crippen LogP contribution in [0, 0.1) is 11.8 Å². The van der Waals surface area contributed by atoms with Crippen LogP contribution in [0.4, 0.5) is 0 Å². The molecule has 1 saturated heterocycles. The predicted molar refractivity (Wildman–Crippen MR) is 55.1 cm³/mol. The second kappa shape index (κ2) is 4.04. The highest BCUT2D eigenvalue weighted by Gasteiger charge is 2.35. The van der Waals surface area contributed by atoms with Gasteiger partial charge in [-0.25, -0.2) is 4.98 Å². The maximum atomic E-state index is 12.3. The lowest BCUT2D eigenvalue weighted by Crippen LogP contribution is -2.18. The molecule has 1 fully saturated rings. The van der Waals surface area contributed by atoms with E-state index in [1.54, 1.807) is 0 Å². The predicted octanol–water partition coefficient (Wildman–Crippen LogP) is 1.16. The summed E-state index contributed by atoms with van der Waals surface area (Å²) < 4.78 is 112. The zero-order valence-electron chi connectivity index (χ0n) is 21.4. The largest absolute Gasteiger partial charge is 0.465 e. The molecule has 0 aromatic carbocycles. The van der Waals surface area contributed by atoms with Gasteiger partial charge < -0.3 is 9.30 Å². The van der Waals surface area contributed by atoms with Crippen LogP contribution < -0.4 is 0 Å². The fourth-order valence-corrected chi connectivity index (χ4v) is 1.12. The van der Waals surface area contributed by atoms with Gasteiger partial charge in [0.05, 0.1) is 22.9 Å². The summed E-state index contributed by atoms with van der Waals surface area (Å²) in [6.07, 6.45) is -6.94. The molecule has 0 N–H and O–H groups in total. The lowest BCUT2D eigenvalue weighted by Gasteiger charge is -2.12. The minimum atomic E-state index is -3.79. The first kappa shape index (κ1) is 2.67. The van der Waals surface area contributed by atoms with E-state index in [0.29, 0.717) is 0 Å². The minimum absolute atomic E-state index is 0.190. The van der Waals surface area contributed by atoms with Gasteiger partial charge in [0.1, 0.15) is 1.37 Å². The molecular weight excluding hydrogens is 192 g/mol. The molecule has 1 aliphatic heterocycles. The minimum Gasteiger partial charge on any atom is -0.465 e. The summed E-state index contributed by atoms with van der Waals surface area (Å²) in [7, 11) is 0. The van der Waals surface area contributed by atoms with Crippen LogP contribution in [0.25, 0.3) is 0 Å². The van der Waals surface area contributed by atoms with Crippen LogP contribution in [0.2, 0.25) is 0 Å². The Kier molecular flexibility index (Phi) is 0.721. The summed E-state index contributed by atoms with van der Waals surface area (Å²) in [6.45, 7) is -10.2. The van der Waals surface area contributed by atoms with Gasteiger partial charge in [-0.15, -0.1) is 0 Å². The molecule has 1 aliphatic rings. The number of nitrogens with zero attached hydrogens (tertiary/aromatic N) is 2. The number of ether oxygens (including phenoxy) is 1. The topological polar surface area (TPSA) is 44.1 Å². The zero-order valence-corrected chi connectivity index (χ0v) is 7.42. The molecule has 0 unspecified atom stereocenters.